The average molecular weight is 344 g/mol. The molecule has 9 heteroatoms. The van der Waals surface area contributed by atoms with Crippen molar-refractivity contribution in [3.05, 3.63) is 21.9 Å². The van der Waals surface area contributed by atoms with E-state index in [1.54, 1.807) is 16.2 Å². The van der Waals surface area contributed by atoms with Gasteiger partial charge in [-0.15, -0.1) is 11.3 Å². The van der Waals surface area contributed by atoms with Crippen molar-refractivity contribution in [3.63, 3.8) is 0 Å². The molecule has 2 heterocycles. The standard InChI is InChI=1S/C13H20N4O3S2/c14-5-10-4-9(8-21-10)6-15-13(19)11-2-1-3-17(11)12(18)7-16-22-20/h4,8,11,16,20H,1-3,5-7,14H2,(H,15,19). The molecule has 0 spiro atoms. The molecule has 1 aliphatic rings. The molecule has 0 saturated carbocycles. The van der Waals surface area contributed by atoms with Gasteiger partial charge in [-0.25, -0.2) is 4.72 Å². The topological polar surface area (TPSA) is 108 Å². The molecule has 1 aromatic rings. The normalized spacial score (nSPS) is 17.7. The van der Waals surface area contributed by atoms with Crippen molar-refractivity contribution in [1.29, 1.82) is 0 Å². The number of nitrogens with zero attached hydrogens (tertiary/aromatic N) is 1. The van der Waals surface area contributed by atoms with Crippen LogP contribution in [-0.2, 0) is 22.7 Å². The van der Waals surface area contributed by atoms with Crippen molar-refractivity contribution in [1.82, 2.24) is 14.9 Å². The van der Waals surface area contributed by atoms with Crippen LogP contribution in [0.25, 0.3) is 0 Å². The first-order valence-corrected chi connectivity index (χ1v) is 8.67. The van der Waals surface area contributed by atoms with E-state index in [-0.39, 0.29) is 18.4 Å². The van der Waals surface area contributed by atoms with Crippen LogP contribution in [0.1, 0.15) is 23.3 Å². The minimum absolute atomic E-state index is 0.00926. The Morgan fingerprint density at radius 2 is 2.36 bits per heavy atom. The second kappa shape index (κ2) is 8.49. The van der Waals surface area contributed by atoms with Crippen LogP contribution in [0, 0.1) is 0 Å². The van der Waals surface area contributed by atoms with E-state index in [1.165, 1.54) is 0 Å². The molecule has 2 rings (SSSR count). The molecule has 0 bridgehead atoms. The van der Waals surface area contributed by atoms with Gasteiger partial charge < -0.3 is 20.5 Å². The van der Waals surface area contributed by atoms with Crippen molar-refractivity contribution < 1.29 is 14.1 Å². The summed E-state index contributed by atoms with van der Waals surface area (Å²) in [4.78, 5) is 26.9. The minimum atomic E-state index is -0.425. The van der Waals surface area contributed by atoms with Crippen LogP contribution in [0.15, 0.2) is 11.4 Å². The van der Waals surface area contributed by atoms with E-state index >= 15 is 0 Å². The van der Waals surface area contributed by atoms with Crippen LogP contribution in [0.4, 0.5) is 0 Å². The Bertz CT molecular complexity index is 523. The lowest BCUT2D eigenvalue weighted by atomic mass is 10.2. The van der Waals surface area contributed by atoms with Crippen molar-refractivity contribution in [2.45, 2.75) is 32.0 Å². The van der Waals surface area contributed by atoms with Crippen LogP contribution in [0.5, 0.6) is 0 Å². The van der Waals surface area contributed by atoms with Gasteiger partial charge in [0.1, 0.15) is 6.04 Å². The largest absolute Gasteiger partial charge is 0.350 e. The first-order valence-electron chi connectivity index (χ1n) is 7.02. The highest BCUT2D eigenvalue weighted by atomic mass is 32.2. The smallest absolute Gasteiger partial charge is 0.243 e. The molecule has 1 saturated heterocycles. The number of hydrogen-bond acceptors (Lipinski definition) is 7. The number of hydrogen-bond donors (Lipinski definition) is 4. The first kappa shape index (κ1) is 17.2. The Balaban J connectivity index is 1.86. The first-order chi connectivity index (χ1) is 10.7. The van der Waals surface area contributed by atoms with E-state index in [4.69, 9.17) is 10.3 Å². The van der Waals surface area contributed by atoms with Crippen LogP contribution in [-0.4, -0.2) is 40.4 Å². The van der Waals surface area contributed by atoms with Crippen LogP contribution < -0.4 is 15.8 Å². The molecule has 5 N–H and O–H groups in total. The predicted molar refractivity (Wildman–Crippen MR) is 87.0 cm³/mol. The van der Waals surface area contributed by atoms with E-state index in [1.807, 2.05) is 11.4 Å². The number of carbonyl (C=O) groups excluding carboxylic acids is 2. The number of rotatable bonds is 7. The van der Waals surface area contributed by atoms with Crippen molar-refractivity contribution in [2.75, 3.05) is 13.1 Å². The monoisotopic (exact) mass is 344 g/mol. The van der Waals surface area contributed by atoms with Gasteiger partial charge >= 0.3 is 0 Å². The molecule has 0 aliphatic carbocycles. The highest BCUT2D eigenvalue weighted by Crippen LogP contribution is 2.18. The number of amides is 2. The fourth-order valence-electron chi connectivity index (χ4n) is 2.47. The summed E-state index contributed by atoms with van der Waals surface area (Å²) in [5.41, 5.74) is 6.58. The van der Waals surface area contributed by atoms with Gasteiger partial charge in [-0.3, -0.25) is 9.59 Å². The Morgan fingerprint density at radius 3 is 3.05 bits per heavy atom. The molecule has 1 fully saturated rings. The molecular formula is C13H20N4O3S2. The molecule has 0 aromatic carbocycles. The molecule has 0 radical (unpaired) electrons. The van der Waals surface area contributed by atoms with Crippen LogP contribution >= 0.6 is 23.6 Å². The Hall–Kier alpha value is -1.13. The molecular weight excluding hydrogens is 324 g/mol. The van der Waals surface area contributed by atoms with Crippen molar-refractivity contribution in [2.24, 2.45) is 5.73 Å². The summed E-state index contributed by atoms with van der Waals surface area (Å²) in [6, 6.07) is 1.55. The van der Waals surface area contributed by atoms with E-state index in [0.717, 1.165) is 16.9 Å². The number of carbonyl (C=O) groups is 2. The lowest BCUT2D eigenvalue weighted by Gasteiger charge is -2.23. The quantitative estimate of drug-likeness (QED) is 0.424. The maximum atomic E-state index is 12.3. The van der Waals surface area contributed by atoms with Gasteiger partial charge in [0.25, 0.3) is 0 Å². The second-order valence-electron chi connectivity index (χ2n) is 5.00. The second-order valence-corrected chi connectivity index (χ2v) is 6.47. The van der Waals surface area contributed by atoms with Gasteiger partial charge in [-0.05, 0) is 29.9 Å². The third kappa shape index (κ3) is 4.43. The van der Waals surface area contributed by atoms with Gasteiger partial charge in [-0.1, -0.05) is 0 Å². The highest BCUT2D eigenvalue weighted by Gasteiger charge is 2.33. The fraction of sp³-hybridized carbons (Fsp3) is 0.538. The van der Waals surface area contributed by atoms with E-state index in [0.29, 0.717) is 38.3 Å². The van der Waals surface area contributed by atoms with Gasteiger partial charge in [-0.2, -0.15) is 0 Å². The van der Waals surface area contributed by atoms with Crippen LogP contribution in [0.2, 0.25) is 0 Å². The van der Waals surface area contributed by atoms with Crippen molar-refractivity contribution >= 4 is 35.4 Å². The summed E-state index contributed by atoms with van der Waals surface area (Å²) >= 11 is 1.98. The van der Waals surface area contributed by atoms with Gasteiger partial charge in [0, 0.05) is 24.5 Å². The lowest BCUT2D eigenvalue weighted by Crippen LogP contribution is -2.47. The van der Waals surface area contributed by atoms with E-state index < -0.39 is 6.04 Å². The van der Waals surface area contributed by atoms with E-state index in [2.05, 4.69) is 10.0 Å². The summed E-state index contributed by atoms with van der Waals surface area (Å²) in [7, 11) is 0. The Kier molecular flexibility index (Phi) is 6.65. The predicted octanol–water partition coefficient (Wildman–Crippen LogP) is 0.525. The number of nitrogens with one attached hydrogen (secondary N) is 2. The van der Waals surface area contributed by atoms with E-state index in [9.17, 15) is 9.59 Å². The average Bonchev–Trinajstić information content (AvgIpc) is 3.18. The highest BCUT2D eigenvalue weighted by molar-refractivity contribution is 7.91. The third-order valence-corrected chi connectivity index (χ3v) is 4.82. The van der Waals surface area contributed by atoms with Gasteiger partial charge in [0.2, 0.25) is 11.8 Å². The molecule has 7 nitrogen and oxygen atoms in total. The molecule has 1 aliphatic heterocycles. The maximum Gasteiger partial charge on any atom is 0.243 e. The summed E-state index contributed by atoms with van der Waals surface area (Å²) < 4.78 is 11.1. The Labute approximate surface area is 137 Å². The maximum absolute atomic E-state index is 12.3. The molecule has 2 amide bonds. The molecule has 122 valence electrons. The zero-order valence-corrected chi connectivity index (χ0v) is 13.7. The molecule has 1 aromatic heterocycles. The SMILES string of the molecule is NCc1cc(CNC(=O)C2CCCN2C(=O)CNSO)cs1. The summed E-state index contributed by atoms with van der Waals surface area (Å²) in [5.74, 6) is -0.317. The number of likely N-dealkylation sites (tertiary alicyclic amines) is 1. The summed E-state index contributed by atoms with van der Waals surface area (Å²) in [6.45, 7) is 1.53. The zero-order chi connectivity index (χ0) is 15.9. The fourth-order valence-corrected chi connectivity index (χ4v) is 3.42. The van der Waals surface area contributed by atoms with Gasteiger partial charge in [0.05, 0.1) is 18.8 Å². The summed E-state index contributed by atoms with van der Waals surface area (Å²) in [5, 5.41) is 4.85. The number of thiophene rings is 1. The van der Waals surface area contributed by atoms with Gasteiger partial charge in [0.15, 0.2) is 0 Å². The third-order valence-electron chi connectivity index (χ3n) is 3.54. The van der Waals surface area contributed by atoms with Crippen molar-refractivity contribution in [3.8, 4) is 0 Å². The molecule has 1 unspecified atom stereocenters. The van der Waals surface area contributed by atoms with Crippen LogP contribution in [0.3, 0.4) is 0 Å². The summed E-state index contributed by atoms with van der Waals surface area (Å²) in [6.07, 6.45) is 1.48. The lowest BCUT2D eigenvalue weighted by molar-refractivity contribution is -0.137. The molecule has 22 heavy (non-hydrogen) atoms. The Morgan fingerprint density at radius 1 is 1.55 bits per heavy atom. The zero-order valence-electron chi connectivity index (χ0n) is 12.1. The number of nitrogens with two attached hydrogens (primary N) is 1. The molecule has 1 atom stereocenters. The minimum Gasteiger partial charge on any atom is -0.350 e.